The molecule has 1 saturated heterocycles. The van der Waals surface area contributed by atoms with Gasteiger partial charge >= 0.3 is 5.97 Å². The van der Waals surface area contributed by atoms with Crippen LogP contribution in [0.3, 0.4) is 0 Å². The minimum absolute atomic E-state index is 0.0104. The number of carbonyl (C=O) groups excluding carboxylic acids is 2. The Morgan fingerprint density at radius 1 is 1.21 bits per heavy atom. The highest BCUT2D eigenvalue weighted by molar-refractivity contribution is 7.99. The van der Waals surface area contributed by atoms with Gasteiger partial charge in [-0.25, -0.2) is 0 Å². The molecule has 0 amide bonds. The summed E-state index contributed by atoms with van der Waals surface area (Å²) in [5, 5.41) is 0. The monoisotopic (exact) mass is 287 g/mol. The van der Waals surface area contributed by atoms with Gasteiger partial charge in [0.05, 0.1) is 13.7 Å². The smallest absolute Gasteiger partial charge is 0.319 e. The summed E-state index contributed by atoms with van der Waals surface area (Å²) in [6.45, 7) is 6.02. The molecule has 0 aromatic rings. The van der Waals surface area contributed by atoms with Gasteiger partial charge in [-0.1, -0.05) is 13.8 Å². The first kappa shape index (κ1) is 16.5. The first-order valence-corrected chi connectivity index (χ1v) is 8.18. The molecular formula is C14H25NO3S. The van der Waals surface area contributed by atoms with E-state index in [9.17, 15) is 9.59 Å². The molecule has 1 heterocycles. The summed E-state index contributed by atoms with van der Waals surface area (Å²) in [5.41, 5.74) is -0.950. The minimum atomic E-state index is -0.950. The van der Waals surface area contributed by atoms with E-state index >= 15 is 0 Å². The molecule has 0 aromatic heterocycles. The Bertz CT molecular complexity index is 308. The number of methoxy groups -OCH3 is 1. The van der Waals surface area contributed by atoms with Gasteiger partial charge in [0.2, 0.25) is 0 Å². The van der Waals surface area contributed by atoms with E-state index in [0.29, 0.717) is 19.4 Å². The largest absolute Gasteiger partial charge is 0.468 e. The quantitative estimate of drug-likeness (QED) is 0.552. The fourth-order valence-corrected chi connectivity index (χ4v) is 3.48. The fraction of sp³-hybridized carbons (Fsp3) is 0.857. The number of rotatable bonds is 6. The third-order valence-electron chi connectivity index (χ3n) is 4.00. The Balaban J connectivity index is 2.73. The second-order valence-corrected chi connectivity index (χ2v) is 6.17. The summed E-state index contributed by atoms with van der Waals surface area (Å²) in [5.74, 6) is 1.86. The zero-order valence-corrected chi connectivity index (χ0v) is 13.1. The van der Waals surface area contributed by atoms with Crippen molar-refractivity contribution in [3.8, 4) is 0 Å². The van der Waals surface area contributed by atoms with E-state index in [2.05, 4.69) is 4.90 Å². The van der Waals surface area contributed by atoms with Crippen LogP contribution in [0.2, 0.25) is 0 Å². The van der Waals surface area contributed by atoms with E-state index in [0.717, 1.165) is 31.0 Å². The van der Waals surface area contributed by atoms with Crippen LogP contribution in [0.25, 0.3) is 0 Å². The van der Waals surface area contributed by atoms with Crippen LogP contribution >= 0.6 is 11.8 Å². The molecule has 1 fully saturated rings. The molecule has 0 saturated carbocycles. The predicted octanol–water partition coefficient (Wildman–Crippen LogP) is 1.97. The average Bonchev–Trinajstić information content (AvgIpc) is 2.69. The van der Waals surface area contributed by atoms with Crippen molar-refractivity contribution in [2.45, 2.75) is 33.1 Å². The van der Waals surface area contributed by atoms with Gasteiger partial charge in [0.1, 0.15) is 5.41 Å². The number of thioether (sulfide) groups is 1. The maximum atomic E-state index is 12.6. The van der Waals surface area contributed by atoms with Crippen LogP contribution in [0.5, 0.6) is 0 Å². The number of Topliss-reactive ketones (excluding diaryl/α,β-unsaturated/α-hetero) is 1. The summed E-state index contributed by atoms with van der Waals surface area (Å²) in [4.78, 5) is 26.7. The van der Waals surface area contributed by atoms with Crippen molar-refractivity contribution in [1.29, 1.82) is 0 Å². The van der Waals surface area contributed by atoms with E-state index in [1.165, 1.54) is 7.11 Å². The Morgan fingerprint density at radius 3 is 2.47 bits per heavy atom. The van der Waals surface area contributed by atoms with Gasteiger partial charge in [-0.15, -0.1) is 0 Å². The highest BCUT2D eigenvalue weighted by Gasteiger charge is 2.43. The molecule has 1 aliphatic rings. The van der Waals surface area contributed by atoms with E-state index in [1.54, 1.807) is 0 Å². The Morgan fingerprint density at radius 2 is 1.89 bits per heavy atom. The van der Waals surface area contributed by atoms with Crippen LogP contribution in [0.1, 0.15) is 33.1 Å². The summed E-state index contributed by atoms with van der Waals surface area (Å²) in [6.07, 6.45) is 2.14. The van der Waals surface area contributed by atoms with Crippen molar-refractivity contribution < 1.29 is 14.3 Å². The molecular weight excluding hydrogens is 262 g/mol. The van der Waals surface area contributed by atoms with Crippen molar-refractivity contribution in [3.05, 3.63) is 0 Å². The highest BCUT2D eigenvalue weighted by atomic mass is 32.2. The van der Waals surface area contributed by atoms with E-state index in [4.69, 9.17) is 4.74 Å². The van der Waals surface area contributed by atoms with Gasteiger partial charge in [0, 0.05) is 12.3 Å². The number of nitrogens with zero attached hydrogens (tertiary/aromatic N) is 1. The van der Waals surface area contributed by atoms with Gasteiger partial charge in [0.15, 0.2) is 5.78 Å². The molecule has 0 N–H and O–H groups in total. The molecule has 0 radical (unpaired) electrons. The van der Waals surface area contributed by atoms with Gasteiger partial charge in [-0.2, -0.15) is 11.8 Å². The zero-order chi connectivity index (χ0) is 14.3. The lowest BCUT2D eigenvalue weighted by atomic mass is 9.78. The Hall–Kier alpha value is -0.550. The number of hydrogen-bond acceptors (Lipinski definition) is 5. The molecule has 1 rings (SSSR count). The van der Waals surface area contributed by atoms with Crippen LogP contribution in [-0.4, -0.2) is 54.9 Å². The third-order valence-corrected chi connectivity index (χ3v) is 5.05. The third kappa shape index (κ3) is 3.96. The lowest BCUT2D eigenvalue weighted by molar-refractivity contribution is -0.159. The van der Waals surface area contributed by atoms with Crippen molar-refractivity contribution in [3.63, 3.8) is 0 Å². The van der Waals surface area contributed by atoms with Crippen LogP contribution in [0.15, 0.2) is 0 Å². The first-order valence-electron chi connectivity index (χ1n) is 7.02. The van der Waals surface area contributed by atoms with Crippen LogP contribution in [0, 0.1) is 5.41 Å². The standard InChI is InChI=1S/C14H25NO3S/c1-4-14(5-2,13(17)18-3)12(16)11-15-7-6-9-19-10-8-15/h4-11H2,1-3H3. The lowest BCUT2D eigenvalue weighted by Crippen LogP contribution is -2.45. The molecule has 1 aliphatic heterocycles. The fourth-order valence-electron chi connectivity index (χ4n) is 2.55. The predicted molar refractivity (Wildman–Crippen MR) is 78.4 cm³/mol. The second kappa shape index (κ2) is 7.90. The van der Waals surface area contributed by atoms with E-state index in [-0.39, 0.29) is 11.8 Å². The molecule has 0 atom stereocenters. The van der Waals surface area contributed by atoms with Gasteiger partial charge in [-0.05, 0) is 31.6 Å². The highest BCUT2D eigenvalue weighted by Crippen LogP contribution is 2.30. The van der Waals surface area contributed by atoms with Crippen LogP contribution < -0.4 is 0 Å². The Labute approximate surface area is 120 Å². The molecule has 5 heteroatoms. The molecule has 19 heavy (non-hydrogen) atoms. The lowest BCUT2D eigenvalue weighted by Gasteiger charge is -2.29. The topological polar surface area (TPSA) is 46.6 Å². The number of esters is 1. The second-order valence-electron chi connectivity index (χ2n) is 4.95. The summed E-state index contributed by atoms with van der Waals surface area (Å²) < 4.78 is 4.85. The maximum absolute atomic E-state index is 12.6. The number of ketones is 1. The normalized spacial score (nSPS) is 17.8. The average molecular weight is 287 g/mol. The Kier molecular flexibility index (Phi) is 6.86. The molecule has 0 unspecified atom stereocenters. The van der Waals surface area contributed by atoms with Gasteiger partial charge in [0.25, 0.3) is 0 Å². The number of ether oxygens (including phenoxy) is 1. The molecule has 4 nitrogen and oxygen atoms in total. The first-order chi connectivity index (χ1) is 9.10. The SMILES string of the molecule is CCC(CC)(C(=O)CN1CCCSCC1)C(=O)OC. The van der Waals surface area contributed by atoms with Crippen molar-refractivity contribution in [2.24, 2.45) is 5.41 Å². The maximum Gasteiger partial charge on any atom is 0.319 e. The molecule has 0 aromatic carbocycles. The van der Waals surface area contributed by atoms with E-state index in [1.807, 2.05) is 25.6 Å². The summed E-state index contributed by atoms with van der Waals surface area (Å²) in [6, 6.07) is 0. The summed E-state index contributed by atoms with van der Waals surface area (Å²) in [7, 11) is 1.36. The molecule has 110 valence electrons. The van der Waals surface area contributed by atoms with Gasteiger partial charge in [-0.3, -0.25) is 14.5 Å². The molecule has 0 aliphatic carbocycles. The van der Waals surface area contributed by atoms with Crippen LogP contribution in [-0.2, 0) is 14.3 Å². The number of carbonyl (C=O) groups is 2. The minimum Gasteiger partial charge on any atom is -0.468 e. The van der Waals surface area contributed by atoms with Crippen molar-refractivity contribution in [2.75, 3.05) is 38.2 Å². The number of hydrogen-bond donors (Lipinski definition) is 0. The zero-order valence-electron chi connectivity index (χ0n) is 12.2. The summed E-state index contributed by atoms with van der Waals surface area (Å²) >= 11 is 1.93. The van der Waals surface area contributed by atoms with E-state index < -0.39 is 5.41 Å². The van der Waals surface area contributed by atoms with Crippen molar-refractivity contribution in [1.82, 2.24) is 4.90 Å². The van der Waals surface area contributed by atoms with Crippen LogP contribution in [0.4, 0.5) is 0 Å². The van der Waals surface area contributed by atoms with Crippen molar-refractivity contribution >= 4 is 23.5 Å². The van der Waals surface area contributed by atoms with Gasteiger partial charge < -0.3 is 4.74 Å². The molecule has 0 spiro atoms. The molecule has 0 bridgehead atoms.